The van der Waals surface area contributed by atoms with Crippen LogP contribution in [0.15, 0.2) is 36.4 Å². The Bertz CT molecular complexity index is 543. The lowest BCUT2D eigenvalue weighted by Gasteiger charge is -2.06. The molecule has 1 aromatic carbocycles. The van der Waals surface area contributed by atoms with Gasteiger partial charge in [-0.2, -0.15) is 5.26 Å². The number of esters is 2. The Labute approximate surface area is 111 Å². The van der Waals surface area contributed by atoms with Crippen molar-refractivity contribution >= 4 is 11.9 Å². The van der Waals surface area contributed by atoms with E-state index in [1.165, 1.54) is 13.0 Å². The third kappa shape index (κ3) is 4.64. The Hall–Kier alpha value is -2.61. The zero-order valence-electron chi connectivity index (χ0n) is 10.5. The van der Waals surface area contributed by atoms with Gasteiger partial charge in [0.1, 0.15) is 13.2 Å². The van der Waals surface area contributed by atoms with Crippen molar-refractivity contribution in [3.8, 4) is 6.07 Å². The first-order valence-electron chi connectivity index (χ1n) is 5.54. The van der Waals surface area contributed by atoms with Crippen LogP contribution < -0.4 is 0 Å². The third-order valence-electron chi connectivity index (χ3n) is 2.13. The molecule has 0 saturated carbocycles. The molecule has 1 aromatic rings. The van der Waals surface area contributed by atoms with Crippen LogP contribution in [-0.4, -0.2) is 25.2 Å². The molecule has 0 bridgehead atoms. The molecule has 0 fully saturated rings. The Kier molecular flexibility index (Phi) is 5.30. The average molecular weight is 259 g/mol. The van der Waals surface area contributed by atoms with Gasteiger partial charge in [-0.05, 0) is 25.1 Å². The fraction of sp³-hybridized carbons (Fsp3) is 0.214. The fourth-order valence-corrected chi connectivity index (χ4v) is 1.19. The number of rotatable bonds is 5. The number of hydrogen-bond donors (Lipinski definition) is 0. The van der Waals surface area contributed by atoms with Crippen LogP contribution >= 0.6 is 0 Å². The summed E-state index contributed by atoms with van der Waals surface area (Å²) in [6, 6.07) is 8.09. The molecule has 0 saturated heterocycles. The van der Waals surface area contributed by atoms with Gasteiger partial charge in [-0.3, -0.25) is 0 Å². The number of nitriles is 1. The second kappa shape index (κ2) is 6.97. The molecule has 19 heavy (non-hydrogen) atoms. The summed E-state index contributed by atoms with van der Waals surface area (Å²) < 4.78 is 9.67. The number of benzene rings is 1. The lowest BCUT2D eigenvalue weighted by Crippen LogP contribution is -2.14. The maximum absolute atomic E-state index is 11.6. The van der Waals surface area contributed by atoms with Gasteiger partial charge in [0.2, 0.25) is 0 Å². The normalized spacial score (nSPS) is 9.26. The zero-order valence-corrected chi connectivity index (χ0v) is 10.5. The molecule has 0 aliphatic carbocycles. The summed E-state index contributed by atoms with van der Waals surface area (Å²) in [5, 5.41) is 8.70. The average Bonchev–Trinajstić information content (AvgIpc) is 2.42. The van der Waals surface area contributed by atoms with E-state index in [2.05, 4.69) is 6.58 Å². The van der Waals surface area contributed by atoms with Crippen LogP contribution in [0.3, 0.4) is 0 Å². The van der Waals surface area contributed by atoms with Gasteiger partial charge >= 0.3 is 11.9 Å². The van der Waals surface area contributed by atoms with E-state index in [4.69, 9.17) is 14.7 Å². The van der Waals surface area contributed by atoms with Crippen LogP contribution in [0.1, 0.15) is 22.8 Å². The first-order chi connectivity index (χ1) is 9.04. The minimum absolute atomic E-state index is 0.0324. The monoisotopic (exact) mass is 259 g/mol. The predicted molar refractivity (Wildman–Crippen MR) is 67.2 cm³/mol. The van der Waals surface area contributed by atoms with Gasteiger partial charge in [0.25, 0.3) is 0 Å². The highest BCUT2D eigenvalue weighted by molar-refractivity contribution is 5.89. The van der Waals surface area contributed by atoms with Crippen molar-refractivity contribution in [3.05, 3.63) is 47.5 Å². The largest absolute Gasteiger partial charge is 0.459 e. The van der Waals surface area contributed by atoms with Gasteiger partial charge in [0.05, 0.1) is 17.2 Å². The van der Waals surface area contributed by atoms with Crippen LogP contribution in [0.4, 0.5) is 0 Å². The van der Waals surface area contributed by atoms with Crippen molar-refractivity contribution in [1.29, 1.82) is 5.26 Å². The van der Waals surface area contributed by atoms with E-state index in [1.54, 1.807) is 18.2 Å². The van der Waals surface area contributed by atoms with E-state index in [9.17, 15) is 9.59 Å². The van der Waals surface area contributed by atoms with Crippen LogP contribution in [0, 0.1) is 11.3 Å². The van der Waals surface area contributed by atoms with E-state index >= 15 is 0 Å². The molecule has 0 spiro atoms. The van der Waals surface area contributed by atoms with Gasteiger partial charge in [-0.15, -0.1) is 0 Å². The van der Waals surface area contributed by atoms with E-state index in [0.717, 1.165) is 0 Å². The maximum Gasteiger partial charge on any atom is 0.338 e. The standard InChI is InChI=1S/C14H13NO4/c1-10(2)13(16)18-6-7-19-14(17)12-5-3-4-11(8-12)9-15/h3-5,8H,1,6-7H2,2H3. The topological polar surface area (TPSA) is 76.4 Å². The molecule has 0 N–H and O–H groups in total. The summed E-state index contributed by atoms with van der Waals surface area (Å²) in [6.07, 6.45) is 0. The number of carbonyl (C=O) groups excluding carboxylic acids is 2. The minimum Gasteiger partial charge on any atom is -0.459 e. The van der Waals surface area contributed by atoms with Crippen molar-refractivity contribution in [3.63, 3.8) is 0 Å². The lowest BCUT2D eigenvalue weighted by molar-refractivity contribution is -0.140. The van der Waals surface area contributed by atoms with E-state index < -0.39 is 11.9 Å². The molecule has 98 valence electrons. The molecular formula is C14H13NO4. The summed E-state index contributed by atoms with van der Waals surface area (Å²) in [7, 11) is 0. The molecule has 0 radical (unpaired) electrons. The Morgan fingerprint density at radius 2 is 2.00 bits per heavy atom. The third-order valence-corrected chi connectivity index (χ3v) is 2.13. The Morgan fingerprint density at radius 1 is 1.32 bits per heavy atom. The van der Waals surface area contributed by atoms with Gasteiger partial charge < -0.3 is 9.47 Å². The lowest BCUT2D eigenvalue weighted by atomic mass is 10.1. The van der Waals surface area contributed by atoms with Gasteiger partial charge in [-0.1, -0.05) is 12.6 Å². The highest BCUT2D eigenvalue weighted by Gasteiger charge is 2.08. The summed E-state index contributed by atoms with van der Waals surface area (Å²) in [4.78, 5) is 22.6. The second-order valence-electron chi connectivity index (χ2n) is 3.74. The molecule has 0 amide bonds. The van der Waals surface area contributed by atoms with Crippen molar-refractivity contribution in [2.45, 2.75) is 6.92 Å². The number of ether oxygens (including phenoxy) is 2. The van der Waals surface area contributed by atoms with Gasteiger partial charge in [-0.25, -0.2) is 9.59 Å². The first kappa shape index (κ1) is 14.5. The molecule has 0 heterocycles. The summed E-state index contributed by atoms with van der Waals surface area (Å²) >= 11 is 0. The molecule has 0 atom stereocenters. The SMILES string of the molecule is C=C(C)C(=O)OCCOC(=O)c1cccc(C#N)c1. The van der Waals surface area contributed by atoms with E-state index in [1.807, 2.05) is 6.07 Å². The van der Waals surface area contributed by atoms with Crippen molar-refractivity contribution in [1.82, 2.24) is 0 Å². The molecule has 1 rings (SSSR count). The van der Waals surface area contributed by atoms with Crippen molar-refractivity contribution in [2.75, 3.05) is 13.2 Å². The molecular weight excluding hydrogens is 246 g/mol. The van der Waals surface area contributed by atoms with Crippen LogP contribution in [0.2, 0.25) is 0 Å². The molecule has 5 heteroatoms. The summed E-state index contributed by atoms with van der Waals surface area (Å²) in [6.45, 7) is 4.87. The fourth-order valence-electron chi connectivity index (χ4n) is 1.19. The molecule has 0 aliphatic heterocycles. The predicted octanol–water partition coefficient (Wildman–Crippen LogP) is 1.83. The summed E-state index contributed by atoms with van der Waals surface area (Å²) in [5.41, 5.74) is 0.946. The van der Waals surface area contributed by atoms with Crippen molar-refractivity contribution < 1.29 is 19.1 Å². The van der Waals surface area contributed by atoms with E-state index in [0.29, 0.717) is 5.56 Å². The molecule has 0 aliphatic rings. The molecule has 0 unspecified atom stereocenters. The number of nitrogens with zero attached hydrogens (tertiary/aromatic N) is 1. The van der Waals surface area contributed by atoms with Crippen molar-refractivity contribution in [2.24, 2.45) is 0 Å². The maximum atomic E-state index is 11.6. The highest BCUT2D eigenvalue weighted by atomic mass is 16.6. The number of hydrogen-bond acceptors (Lipinski definition) is 5. The Morgan fingerprint density at radius 3 is 2.63 bits per heavy atom. The zero-order chi connectivity index (χ0) is 14.3. The molecule has 0 aromatic heterocycles. The second-order valence-corrected chi connectivity index (χ2v) is 3.74. The highest BCUT2D eigenvalue weighted by Crippen LogP contribution is 2.05. The summed E-state index contributed by atoms with van der Waals surface area (Å²) in [5.74, 6) is -1.09. The van der Waals surface area contributed by atoms with Gasteiger partial charge in [0, 0.05) is 5.57 Å². The smallest absolute Gasteiger partial charge is 0.338 e. The minimum atomic E-state index is -0.566. The van der Waals surface area contributed by atoms with Crippen LogP contribution in [0.5, 0.6) is 0 Å². The quantitative estimate of drug-likeness (QED) is 0.458. The first-order valence-corrected chi connectivity index (χ1v) is 5.54. The van der Waals surface area contributed by atoms with Gasteiger partial charge in [0.15, 0.2) is 0 Å². The molecule has 5 nitrogen and oxygen atoms in total. The Balaban J connectivity index is 2.41. The number of carbonyl (C=O) groups is 2. The van der Waals surface area contributed by atoms with Crippen LogP contribution in [-0.2, 0) is 14.3 Å². The van der Waals surface area contributed by atoms with Crippen LogP contribution in [0.25, 0.3) is 0 Å². The van der Waals surface area contributed by atoms with E-state index in [-0.39, 0.29) is 24.4 Å².